The Morgan fingerprint density at radius 1 is 1.26 bits per heavy atom. The Balaban J connectivity index is 2.16. The quantitative estimate of drug-likeness (QED) is 0.543. The average Bonchev–Trinajstić information content (AvgIpc) is 2.73. The summed E-state index contributed by atoms with van der Waals surface area (Å²) in [7, 11) is 0. The van der Waals surface area contributed by atoms with E-state index in [1.54, 1.807) is 0 Å². The Hall–Kier alpha value is -1.17. The number of carbonyl (C=O) groups excluding carboxylic acids is 1. The van der Waals surface area contributed by atoms with E-state index in [1.165, 1.54) is 5.57 Å². The van der Waals surface area contributed by atoms with Crippen LogP contribution in [0.1, 0.15) is 52.9 Å². The van der Waals surface area contributed by atoms with Gasteiger partial charge in [0.25, 0.3) is 0 Å². The molecule has 23 heavy (non-hydrogen) atoms. The predicted molar refractivity (Wildman–Crippen MR) is 86.6 cm³/mol. The van der Waals surface area contributed by atoms with Gasteiger partial charge in [0.1, 0.15) is 6.10 Å². The molecule has 2 unspecified atom stereocenters. The summed E-state index contributed by atoms with van der Waals surface area (Å²) >= 11 is 0. The summed E-state index contributed by atoms with van der Waals surface area (Å²) in [6.07, 6.45) is 2.87. The van der Waals surface area contributed by atoms with E-state index in [0.29, 0.717) is 0 Å². The summed E-state index contributed by atoms with van der Waals surface area (Å²) in [5.74, 6) is -0.356. The van der Waals surface area contributed by atoms with Gasteiger partial charge in [-0.25, -0.2) is 0 Å². The Kier molecular flexibility index (Phi) is 5.65. The molecule has 2 fully saturated rings. The van der Waals surface area contributed by atoms with Crippen molar-refractivity contribution in [2.24, 2.45) is 5.41 Å². The minimum absolute atomic E-state index is 0.0684. The maximum absolute atomic E-state index is 11.8. The van der Waals surface area contributed by atoms with E-state index in [9.17, 15) is 20.1 Å². The number of aliphatic hydroxyl groups is 3. The van der Waals surface area contributed by atoms with Gasteiger partial charge >= 0.3 is 5.97 Å². The third-order valence-corrected chi connectivity index (χ3v) is 4.99. The van der Waals surface area contributed by atoms with E-state index in [2.05, 4.69) is 19.9 Å². The monoisotopic (exact) mass is 324 g/mol. The first-order valence-electron chi connectivity index (χ1n) is 8.29. The fourth-order valence-corrected chi connectivity index (χ4v) is 3.58. The van der Waals surface area contributed by atoms with E-state index in [4.69, 9.17) is 4.74 Å². The standard InChI is InChI=1S/C18H28O5/c1-11(2)5-4-6-12(3)7-16-18(10-17(22)23-16)9-14(20)13(19)8-15(18)21/h5,7,13-16,19-21H,4,6,8-10H2,1-3H3/b12-7+/t13-,14-,15?,16+,18?/m0/s1. The number of rotatable bonds is 4. The Morgan fingerprint density at radius 2 is 1.96 bits per heavy atom. The van der Waals surface area contributed by atoms with Crippen LogP contribution < -0.4 is 0 Å². The van der Waals surface area contributed by atoms with Gasteiger partial charge in [0, 0.05) is 6.42 Å². The van der Waals surface area contributed by atoms with Crippen LogP contribution in [-0.2, 0) is 9.53 Å². The number of aliphatic hydroxyl groups excluding tert-OH is 3. The van der Waals surface area contributed by atoms with Crippen LogP contribution in [0, 0.1) is 5.41 Å². The highest BCUT2D eigenvalue weighted by Crippen LogP contribution is 2.48. The molecule has 0 aromatic heterocycles. The van der Waals surface area contributed by atoms with E-state index in [1.807, 2.05) is 13.0 Å². The second kappa shape index (κ2) is 7.16. The third-order valence-electron chi connectivity index (χ3n) is 4.99. The van der Waals surface area contributed by atoms with Crippen LogP contribution in [-0.4, -0.2) is 45.7 Å². The minimum atomic E-state index is -0.949. The summed E-state index contributed by atoms with van der Waals surface area (Å²) in [4.78, 5) is 11.8. The maximum Gasteiger partial charge on any atom is 0.307 e. The molecule has 1 saturated heterocycles. The molecular weight excluding hydrogens is 296 g/mol. The maximum atomic E-state index is 11.8. The summed E-state index contributed by atoms with van der Waals surface area (Å²) < 4.78 is 5.42. The molecule has 0 amide bonds. The van der Waals surface area contributed by atoms with Crippen LogP contribution in [0.15, 0.2) is 23.3 Å². The van der Waals surface area contributed by atoms with Crippen molar-refractivity contribution in [1.29, 1.82) is 0 Å². The van der Waals surface area contributed by atoms with E-state index in [-0.39, 0.29) is 25.2 Å². The topological polar surface area (TPSA) is 87.0 Å². The molecule has 1 saturated carbocycles. The zero-order valence-corrected chi connectivity index (χ0v) is 14.2. The smallest absolute Gasteiger partial charge is 0.307 e. The first kappa shape index (κ1) is 18.2. The number of hydrogen-bond donors (Lipinski definition) is 3. The Bertz CT molecular complexity index is 506. The van der Waals surface area contributed by atoms with Gasteiger partial charge in [0.2, 0.25) is 0 Å². The van der Waals surface area contributed by atoms with Crippen molar-refractivity contribution in [3.05, 3.63) is 23.3 Å². The fraction of sp³-hybridized carbons (Fsp3) is 0.722. The van der Waals surface area contributed by atoms with Crippen molar-refractivity contribution in [2.45, 2.75) is 77.3 Å². The van der Waals surface area contributed by atoms with Crippen molar-refractivity contribution < 1.29 is 24.9 Å². The van der Waals surface area contributed by atoms with Gasteiger partial charge in [0.05, 0.1) is 30.1 Å². The normalized spacial score (nSPS) is 37.8. The minimum Gasteiger partial charge on any atom is -0.457 e. The van der Waals surface area contributed by atoms with Crippen molar-refractivity contribution in [1.82, 2.24) is 0 Å². The van der Waals surface area contributed by atoms with Crippen molar-refractivity contribution >= 4 is 5.97 Å². The SMILES string of the molecule is CC(C)=CCC/C(C)=C/[C@H]1OC(=O)CC12C[C@H](O)[C@@H](O)CC2O. The van der Waals surface area contributed by atoms with Gasteiger partial charge < -0.3 is 20.1 Å². The van der Waals surface area contributed by atoms with E-state index in [0.717, 1.165) is 18.4 Å². The third kappa shape index (κ3) is 4.03. The number of ether oxygens (including phenoxy) is 1. The van der Waals surface area contributed by atoms with E-state index >= 15 is 0 Å². The molecule has 5 atom stereocenters. The lowest BCUT2D eigenvalue weighted by Gasteiger charge is -2.43. The van der Waals surface area contributed by atoms with Gasteiger partial charge in [-0.1, -0.05) is 17.2 Å². The number of esters is 1. The molecule has 1 spiro atoms. The van der Waals surface area contributed by atoms with Gasteiger partial charge in [-0.2, -0.15) is 0 Å². The number of cyclic esters (lactones) is 1. The zero-order valence-electron chi connectivity index (χ0n) is 14.2. The molecule has 1 aliphatic carbocycles. The zero-order chi connectivity index (χ0) is 17.2. The summed E-state index contributed by atoms with van der Waals surface area (Å²) in [5, 5.41) is 30.2. The molecule has 1 heterocycles. The molecule has 2 aliphatic rings. The van der Waals surface area contributed by atoms with Crippen LogP contribution in [0.2, 0.25) is 0 Å². The average molecular weight is 324 g/mol. The van der Waals surface area contributed by atoms with Gasteiger partial charge in [-0.3, -0.25) is 4.79 Å². The largest absolute Gasteiger partial charge is 0.457 e. The van der Waals surface area contributed by atoms with Crippen LogP contribution in [0.4, 0.5) is 0 Å². The first-order valence-corrected chi connectivity index (χ1v) is 8.29. The lowest BCUT2D eigenvalue weighted by Crippen LogP contribution is -2.52. The fourth-order valence-electron chi connectivity index (χ4n) is 3.58. The molecule has 0 aromatic rings. The van der Waals surface area contributed by atoms with Gasteiger partial charge in [-0.05, 0) is 46.1 Å². The molecular formula is C18H28O5. The van der Waals surface area contributed by atoms with Crippen LogP contribution in [0.3, 0.4) is 0 Å². The summed E-state index contributed by atoms with van der Waals surface area (Å²) in [6.45, 7) is 6.09. The van der Waals surface area contributed by atoms with Crippen LogP contribution >= 0.6 is 0 Å². The van der Waals surface area contributed by atoms with Gasteiger partial charge in [-0.15, -0.1) is 0 Å². The second-order valence-electron chi connectivity index (χ2n) is 7.24. The van der Waals surface area contributed by atoms with Crippen LogP contribution in [0.5, 0.6) is 0 Å². The molecule has 2 rings (SSSR count). The number of carbonyl (C=O) groups is 1. The second-order valence-corrected chi connectivity index (χ2v) is 7.24. The van der Waals surface area contributed by atoms with Gasteiger partial charge in [0.15, 0.2) is 0 Å². The number of hydrogen-bond acceptors (Lipinski definition) is 5. The lowest BCUT2D eigenvalue weighted by atomic mass is 9.65. The molecule has 0 aromatic carbocycles. The Labute approximate surface area is 137 Å². The summed E-state index contributed by atoms with van der Waals surface area (Å²) in [6, 6.07) is 0. The van der Waals surface area contributed by atoms with Crippen molar-refractivity contribution in [3.8, 4) is 0 Å². The first-order chi connectivity index (χ1) is 10.7. The van der Waals surface area contributed by atoms with E-state index < -0.39 is 29.8 Å². The highest BCUT2D eigenvalue weighted by Gasteiger charge is 2.57. The van der Waals surface area contributed by atoms with Crippen molar-refractivity contribution in [3.63, 3.8) is 0 Å². The molecule has 5 heteroatoms. The molecule has 0 radical (unpaired) electrons. The molecule has 3 N–H and O–H groups in total. The Morgan fingerprint density at radius 3 is 2.61 bits per heavy atom. The summed E-state index contributed by atoms with van der Waals surface area (Å²) in [5.41, 5.74) is 1.53. The van der Waals surface area contributed by atoms with Crippen LogP contribution in [0.25, 0.3) is 0 Å². The van der Waals surface area contributed by atoms with Crippen molar-refractivity contribution in [2.75, 3.05) is 0 Å². The highest BCUT2D eigenvalue weighted by molar-refractivity contribution is 5.74. The molecule has 130 valence electrons. The highest BCUT2D eigenvalue weighted by atomic mass is 16.6. The lowest BCUT2D eigenvalue weighted by molar-refractivity contribution is -0.142. The predicted octanol–water partition coefficient (Wildman–Crippen LogP) is 1.86. The molecule has 5 nitrogen and oxygen atoms in total. The number of allylic oxidation sites excluding steroid dienone is 3. The molecule has 0 bridgehead atoms. The molecule has 1 aliphatic heterocycles.